The van der Waals surface area contributed by atoms with Crippen LogP contribution in [-0.2, 0) is 0 Å². The molecule has 21 heavy (non-hydrogen) atoms. The molecule has 1 fully saturated rings. The summed E-state index contributed by atoms with van der Waals surface area (Å²) in [6.45, 7) is 19.0. The van der Waals surface area contributed by atoms with Gasteiger partial charge in [-0.1, -0.05) is 48.5 Å². The van der Waals surface area contributed by atoms with Gasteiger partial charge in [0.15, 0.2) is 0 Å². The highest BCUT2D eigenvalue weighted by atomic mass is 15.2. The van der Waals surface area contributed by atoms with Gasteiger partial charge in [0.2, 0.25) is 0 Å². The minimum atomic E-state index is 0.674. The zero-order valence-electron chi connectivity index (χ0n) is 15.7. The van der Waals surface area contributed by atoms with Gasteiger partial charge in [0.25, 0.3) is 0 Å². The van der Waals surface area contributed by atoms with Gasteiger partial charge in [-0.15, -0.1) is 0 Å². The SMILES string of the molecule is CCNC1CC(C)CC(C)C1N(CC(C)C)C(CC)CC. The van der Waals surface area contributed by atoms with Crippen LogP contribution in [0.3, 0.4) is 0 Å². The molecule has 0 radical (unpaired) electrons. The zero-order chi connectivity index (χ0) is 16.0. The molecule has 0 aromatic heterocycles. The molecule has 0 heterocycles. The summed E-state index contributed by atoms with van der Waals surface area (Å²) >= 11 is 0. The first kappa shape index (κ1) is 19.0. The Kier molecular flexibility index (Phi) is 8.26. The van der Waals surface area contributed by atoms with Gasteiger partial charge in [-0.3, -0.25) is 4.90 Å². The van der Waals surface area contributed by atoms with Crippen molar-refractivity contribution in [3.8, 4) is 0 Å². The summed E-state index contributed by atoms with van der Waals surface area (Å²) in [6.07, 6.45) is 5.29. The van der Waals surface area contributed by atoms with Crippen LogP contribution in [0.4, 0.5) is 0 Å². The fourth-order valence-corrected chi connectivity index (χ4v) is 4.56. The van der Waals surface area contributed by atoms with E-state index in [9.17, 15) is 0 Å². The number of nitrogens with one attached hydrogen (secondary N) is 1. The first-order valence-electron chi connectivity index (χ1n) is 9.43. The van der Waals surface area contributed by atoms with Crippen LogP contribution in [0.15, 0.2) is 0 Å². The van der Waals surface area contributed by atoms with Gasteiger partial charge in [-0.2, -0.15) is 0 Å². The number of hydrogen-bond acceptors (Lipinski definition) is 2. The number of nitrogens with zero attached hydrogens (tertiary/aromatic N) is 1. The van der Waals surface area contributed by atoms with Crippen molar-refractivity contribution in [1.29, 1.82) is 0 Å². The van der Waals surface area contributed by atoms with Gasteiger partial charge in [-0.25, -0.2) is 0 Å². The molecule has 1 saturated carbocycles. The highest BCUT2D eigenvalue weighted by molar-refractivity contribution is 4.95. The van der Waals surface area contributed by atoms with E-state index < -0.39 is 0 Å². The standard InChI is InChI=1S/C19H40N2/c1-8-17(9-2)21(13-14(4)5)19-16(7)11-15(6)12-18(19)20-10-3/h14-20H,8-13H2,1-7H3. The second-order valence-electron chi connectivity index (χ2n) is 7.77. The highest BCUT2D eigenvalue weighted by Crippen LogP contribution is 2.34. The Morgan fingerprint density at radius 1 is 1.05 bits per heavy atom. The first-order valence-corrected chi connectivity index (χ1v) is 9.43. The predicted octanol–water partition coefficient (Wildman–Crippen LogP) is 4.55. The summed E-state index contributed by atoms with van der Waals surface area (Å²) in [6, 6.07) is 2.14. The molecule has 4 unspecified atom stereocenters. The van der Waals surface area contributed by atoms with Gasteiger partial charge in [0.1, 0.15) is 0 Å². The minimum Gasteiger partial charge on any atom is -0.313 e. The molecule has 4 atom stereocenters. The van der Waals surface area contributed by atoms with E-state index in [0.29, 0.717) is 12.1 Å². The third-order valence-electron chi connectivity index (χ3n) is 5.26. The van der Waals surface area contributed by atoms with Crippen molar-refractivity contribution in [2.75, 3.05) is 13.1 Å². The third kappa shape index (κ3) is 5.25. The van der Waals surface area contributed by atoms with E-state index in [1.165, 1.54) is 32.2 Å². The molecule has 1 N–H and O–H groups in total. The van der Waals surface area contributed by atoms with Crippen LogP contribution in [0.5, 0.6) is 0 Å². The van der Waals surface area contributed by atoms with Crippen LogP contribution in [0.2, 0.25) is 0 Å². The van der Waals surface area contributed by atoms with Crippen LogP contribution >= 0.6 is 0 Å². The number of likely N-dealkylation sites (N-methyl/N-ethyl adjacent to an activating group) is 1. The Labute approximate surface area is 134 Å². The van der Waals surface area contributed by atoms with Gasteiger partial charge >= 0.3 is 0 Å². The van der Waals surface area contributed by atoms with Crippen molar-refractivity contribution in [3.63, 3.8) is 0 Å². The Balaban J connectivity index is 2.98. The van der Waals surface area contributed by atoms with Crippen LogP contribution in [-0.4, -0.2) is 36.1 Å². The largest absolute Gasteiger partial charge is 0.313 e. The van der Waals surface area contributed by atoms with Gasteiger partial charge in [0, 0.05) is 24.7 Å². The first-order chi connectivity index (χ1) is 9.94. The van der Waals surface area contributed by atoms with E-state index in [2.05, 4.69) is 58.7 Å². The van der Waals surface area contributed by atoms with Crippen LogP contribution in [0.25, 0.3) is 0 Å². The summed E-state index contributed by atoms with van der Waals surface area (Å²) in [7, 11) is 0. The molecule has 2 nitrogen and oxygen atoms in total. The lowest BCUT2D eigenvalue weighted by Gasteiger charge is -2.49. The third-order valence-corrected chi connectivity index (χ3v) is 5.26. The molecule has 1 aliphatic carbocycles. The Morgan fingerprint density at radius 3 is 2.14 bits per heavy atom. The maximum Gasteiger partial charge on any atom is 0.0278 e. The van der Waals surface area contributed by atoms with Gasteiger partial charge < -0.3 is 5.32 Å². The highest BCUT2D eigenvalue weighted by Gasteiger charge is 2.39. The average Bonchev–Trinajstić information content (AvgIpc) is 2.38. The summed E-state index contributed by atoms with van der Waals surface area (Å²) < 4.78 is 0. The molecule has 126 valence electrons. The predicted molar refractivity (Wildman–Crippen MR) is 94.7 cm³/mol. The lowest BCUT2D eigenvalue weighted by atomic mass is 9.75. The molecule has 0 bridgehead atoms. The van der Waals surface area contributed by atoms with Crippen molar-refractivity contribution < 1.29 is 0 Å². The van der Waals surface area contributed by atoms with Crippen molar-refractivity contribution in [3.05, 3.63) is 0 Å². The topological polar surface area (TPSA) is 15.3 Å². The lowest BCUT2D eigenvalue weighted by Crippen LogP contribution is -2.59. The van der Waals surface area contributed by atoms with Gasteiger partial charge in [-0.05, 0) is 50.0 Å². The molecule has 0 spiro atoms. The Bertz CT molecular complexity index is 273. The second-order valence-corrected chi connectivity index (χ2v) is 7.77. The minimum absolute atomic E-state index is 0.674. The van der Waals surface area contributed by atoms with E-state index in [4.69, 9.17) is 0 Å². The fourth-order valence-electron chi connectivity index (χ4n) is 4.56. The number of hydrogen-bond donors (Lipinski definition) is 1. The molecule has 0 aliphatic heterocycles. The normalized spacial score (nSPS) is 30.6. The van der Waals surface area contributed by atoms with E-state index in [-0.39, 0.29) is 0 Å². The maximum atomic E-state index is 3.81. The molecule has 0 aromatic rings. The van der Waals surface area contributed by atoms with E-state index in [0.717, 1.165) is 30.3 Å². The Hall–Kier alpha value is -0.0800. The monoisotopic (exact) mass is 296 g/mol. The molecular weight excluding hydrogens is 256 g/mol. The molecule has 1 aliphatic rings. The van der Waals surface area contributed by atoms with Crippen molar-refractivity contribution in [2.45, 2.75) is 92.3 Å². The second kappa shape index (κ2) is 9.15. The molecular formula is C19H40N2. The summed E-state index contributed by atoms with van der Waals surface area (Å²) in [5, 5.41) is 3.81. The zero-order valence-corrected chi connectivity index (χ0v) is 15.7. The summed E-state index contributed by atoms with van der Waals surface area (Å²) in [5.41, 5.74) is 0. The summed E-state index contributed by atoms with van der Waals surface area (Å²) in [4.78, 5) is 2.87. The lowest BCUT2D eigenvalue weighted by molar-refractivity contribution is 0.0191. The molecule has 0 saturated heterocycles. The fraction of sp³-hybridized carbons (Fsp3) is 1.00. The maximum absolute atomic E-state index is 3.81. The van der Waals surface area contributed by atoms with E-state index in [1.54, 1.807) is 0 Å². The van der Waals surface area contributed by atoms with Crippen molar-refractivity contribution >= 4 is 0 Å². The quantitative estimate of drug-likeness (QED) is 0.707. The van der Waals surface area contributed by atoms with Crippen LogP contribution in [0.1, 0.15) is 74.1 Å². The molecule has 2 heteroatoms. The smallest absolute Gasteiger partial charge is 0.0278 e. The van der Waals surface area contributed by atoms with Crippen molar-refractivity contribution in [1.82, 2.24) is 10.2 Å². The van der Waals surface area contributed by atoms with Crippen molar-refractivity contribution in [2.24, 2.45) is 17.8 Å². The van der Waals surface area contributed by atoms with Gasteiger partial charge in [0.05, 0.1) is 0 Å². The van der Waals surface area contributed by atoms with E-state index in [1.807, 2.05) is 0 Å². The number of rotatable bonds is 8. The molecule has 0 aromatic carbocycles. The van der Waals surface area contributed by atoms with Crippen LogP contribution < -0.4 is 5.32 Å². The molecule has 1 rings (SSSR count). The van der Waals surface area contributed by atoms with Crippen LogP contribution in [0, 0.1) is 17.8 Å². The summed E-state index contributed by atoms with van der Waals surface area (Å²) in [5.74, 6) is 2.42. The Morgan fingerprint density at radius 2 is 1.67 bits per heavy atom. The average molecular weight is 297 g/mol. The van der Waals surface area contributed by atoms with E-state index >= 15 is 0 Å². The molecule has 0 amide bonds.